The molecule has 1 aromatic heterocycles. The number of aromatic amines is 1. The van der Waals surface area contributed by atoms with Gasteiger partial charge in [-0.25, -0.2) is 0 Å². The van der Waals surface area contributed by atoms with E-state index in [0.29, 0.717) is 6.61 Å². The largest absolute Gasteiger partial charge is 0.493 e. The van der Waals surface area contributed by atoms with Gasteiger partial charge in [0.05, 0.1) is 38.1 Å². The molecule has 2 aromatic carbocycles. The summed E-state index contributed by atoms with van der Waals surface area (Å²) in [7, 11) is 1.67. The van der Waals surface area contributed by atoms with Crippen molar-refractivity contribution in [2.45, 2.75) is 6.42 Å². The van der Waals surface area contributed by atoms with Crippen LogP contribution >= 0.6 is 0 Å². The number of H-pyrrole nitrogens is 1. The van der Waals surface area contributed by atoms with Crippen molar-refractivity contribution in [2.75, 3.05) is 46.6 Å². The highest BCUT2D eigenvalue weighted by atomic mass is 16.5. The van der Waals surface area contributed by atoms with E-state index >= 15 is 0 Å². The van der Waals surface area contributed by atoms with E-state index in [1.54, 1.807) is 7.11 Å². The standard InChI is InChI=1S/C23H27N3O3/c1-27-23-17-18(7-9-21-19-5-2-3-6-20(19)24-25-21)8-10-22(23)29-14-4-11-26-12-15-28-16-13-26/h2-3,5-10,17H,4,11-16H2,1H3,(H,24,25). The molecule has 1 N–H and O–H groups in total. The number of para-hydroxylation sites is 1. The maximum atomic E-state index is 5.96. The third kappa shape index (κ3) is 4.96. The van der Waals surface area contributed by atoms with Crippen LogP contribution in [0.1, 0.15) is 17.7 Å². The van der Waals surface area contributed by atoms with Crippen LogP contribution in [-0.2, 0) is 4.74 Å². The van der Waals surface area contributed by atoms with Crippen LogP contribution in [0.15, 0.2) is 42.5 Å². The average molecular weight is 393 g/mol. The number of benzene rings is 2. The molecule has 0 spiro atoms. The van der Waals surface area contributed by atoms with Gasteiger partial charge in [-0.05, 0) is 36.3 Å². The summed E-state index contributed by atoms with van der Waals surface area (Å²) >= 11 is 0. The Hall–Kier alpha value is -2.83. The Bertz CT molecular complexity index is 961. The lowest BCUT2D eigenvalue weighted by atomic mass is 10.1. The van der Waals surface area contributed by atoms with Gasteiger partial charge in [0.25, 0.3) is 0 Å². The smallest absolute Gasteiger partial charge is 0.161 e. The second kappa shape index (κ2) is 9.58. The zero-order valence-corrected chi connectivity index (χ0v) is 16.8. The normalized spacial score (nSPS) is 15.2. The van der Waals surface area contributed by atoms with Crippen molar-refractivity contribution in [3.05, 3.63) is 53.7 Å². The molecule has 2 heterocycles. The molecule has 1 fully saturated rings. The van der Waals surface area contributed by atoms with E-state index in [0.717, 1.165) is 72.9 Å². The number of aromatic nitrogens is 2. The molecule has 1 aliphatic rings. The molecule has 29 heavy (non-hydrogen) atoms. The van der Waals surface area contributed by atoms with Crippen LogP contribution in [0.2, 0.25) is 0 Å². The van der Waals surface area contributed by atoms with Crippen molar-refractivity contribution in [3.8, 4) is 11.5 Å². The molecule has 1 saturated heterocycles. The lowest BCUT2D eigenvalue weighted by Gasteiger charge is -2.26. The molecular weight excluding hydrogens is 366 g/mol. The quantitative estimate of drug-likeness (QED) is 0.589. The summed E-state index contributed by atoms with van der Waals surface area (Å²) < 4.78 is 16.9. The number of hydrogen-bond acceptors (Lipinski definition) is 5. The first-order valence-corrected chi connectivity index (χ1v) is 10.1. The first-order chi connectivity index (χ1) is 14.3. The van der Waals surface area contributed by atoms with Crippen LogP contribution in [0.5, 0.6) is 11.5 Å². The third-order valence-electron chi connectivity index (χ3n) is 5.10. The molecule has 0 unspecified atom stereocenters. The number of methoxy groups -OCH3 is 1. The second-order valence-corrected chi connectivity index (χ2v) is 7.05. The van der Waals surface area contributed by atoms with Crippen molar-refractivity contribution in [1.82, 2.24) is 15.1 Å². The van der Waals surface area contributed by atoms with E-state index < -0.39 is 0 Å². The molecule has 0 amide bonds. The van der Waals surface area contributed by atoms with Gasteiger partial charge < -0.3 is 14.2 Å². The van der Waals surface area contributed by atoms with Crippen molar-refractivity contribution in [1.29, 1.82) is 0 Å². The van der Waals surface area contributed by atoms with Gasteiger partial charge in [-0.15, -0.1) is 0 Å². The van der Waals surface area contributed by atoms with Gasteiger partial charge in [-0.2, -0.15) is 5.10 Å². The minimum absolute atomic E-state index is 0.669. The fourth-order valence-electron chi connectivity index (χ4n) is 3.49. The number of fused-ring (bicyclic) bond motifs is 1. The highest BCUT2D eigenvalue weighted by molar-refractivity contribution is 5.89. The molecule has 6 nitrogen and oxygen atoms in total. The van der Waals surface area contributed by atoms with Gasteiger partial charge in [0.1, 0.15) is 0 Å². The molecule has 4 rings (SSSR count). The van der Waals surface area contributed by atoms with Crippen molar-refractivity contribution < 1.29 is 14.2 Å². The molecule has 0 aliphatic carbocycles. The van der Waals surface area contributed by atoms with E-state index in [9.17, 15) is 0 Å². The first-order valence-electron chi connectivity index (χ1n) is 10.1. The van der Waals surface area contributed by atoms with Gasteiger partial charge in [0.2, 0.25) is 0 Å². The van der Waals surface area contributed by atoms with Crippen LogP contribution in [0.25, 0.3) is 23.1 Å². The van der Waals surface area contributed by atoms with Crippen LogP contribution in [-0.4, -0.2) is 61.7 Å². The SMILES string of the molecule is COc1cc(C=Cc2n[nH]c3ccccc23)ccc1OCCCN1CCOCC1. The number of rotatable bonds is 8. The highest BCUT2D eigenvalue weighted by Crippen LogP contribution is 2.29. The van der Waals surface area contributed by atoms with Gasteiger partial charge in [0.15, 0.2) is 11.5 Å². The number of hydrogen-bond donors (Lipinski definition) is 1. The van der Waals surface area contributed by atoms with E-state index in [1.165, 1.54) is 0 Å². The van der Waals surface area contributed by atoms with Crippen LogP contribution in [0, 0.1) is 0 Å². The zero-order chi connectivity index (χ0) is 19.9. The summed E-state index contributed by atoms with van der Waals surface area (Å²) in [6.45, 7) is 5.38. The lowest BCUT2D eigenvalue weighted by molar-refractivity contribution is 0.0357. The fourth-order valence-corrected chi connectivity index (χ4v) is 3.49. The fraction of sp³-hybridized carbons (Fsp3) is 0.348. The highest BCUT2D eigenvalue weighted by Gasteiger charge is 2.10. The number of nitrogens with one attached hydrogen (secondary N) is 1. The Morgan fingerprint density at radius 1 is 1.10 bits per heavy atom. The van der Waals surface area contributed by atoms with Crippen molar-refractivity contribution in [3.63, 3.8) is 0 Å². The average Bonchev–Trinajstić information content (AvgIpc) is 3.19. The third-order valence-corrected chi connectivity index (χ3v) is 5.10. The summed E-state index contributed by atoms with van der Waals surface area (Å²) in [6, 6.07) is 14.1. The zero-order valence-electron chi connectivity index (χ0n) is 16.8. The predicted molar refractivity (Wildman–Crippen MR) is 115 cm³/mol. The monoisotopic (exact) mass is 393 g/mol. The van der Waals surface area contributed by atoms with Crippen LogP contribution < -0.4 is 9.47 Å². The Morgan fingerprint density at radius 2 is 1.97 bits per heavy atom. The van der Waals surface area contributed by atoms with Gasteiger partial charge in [-0.1, -0.05) is 30.3 Å². The Balaban J connectivity index is 1.36. The van der Waals surface area contributed by atoms with Crippen LogP contribution in [0.3, 0.4) is 0 Å². The van der Waals surface area contributed by atoms with Crippen molar-refractivity contribution in [2.24, 2.45) is 0 Å². The summed E-state index contributed by atoms with van der Waals surface area (Å²) in [5, 5.41) is 8.54. The van der Waals surface area contributed by atoms with E-state index in [1.807, 2.05) is 48.6 Å². The van der Waals surface area contributed by atoms with E-state index in [4.69, 9.17) is 14.2 Å². The molecule has 0 radical (unpaired) electrons. The molecule has 0 bridgehead atoms. The Morgan fingerprint density at radius 3 is 2.83 bits per heavy atom. The molecule has 1 aliphatic heterocycles. The van der Waals surface area contributed by atoms with E-state index in [-0.39, 0.29) is 0 Å². The Kier molecular flexibility index (Phi) is 6.44. The molecule has 0 atom stereocenters. The summed E-state index contributed by atoms with van der Waals surface area (Å²) in [4.78, 5) is 2.41. The summed E-state index contributed by atoms with van der Waals surface area (Å²) in [5.74, 6) is 1.52. The molecule has 6 heteroatoms. The molecule has 0 saturated carbocycles. The predicted octanol–water partition coefficient (Wildman–Crippen LogP) is 3.84. The van der Waals surface area contributed by atoms with E-state index in [2.05, 4.69) is 21.2 Å². The first kappa shape index (κ1) is 19.5. The number of morpholine rings is 1. The molecular formula is C23H27N3O3. The maximum Gasteiger partial charge on any atom is 0.161 e. The van der Waals surface area contributed by atoms with Crippen molar-refractivity contribution >= 4 is 23.1 Å². The van der Waals surface area contributed by atoms with Gasteiger partial charge in [0, 0.05) is 25.0 Å². The minimum atomic E-state index is 0.669. The minimum Gasteiger partial charge on any atom is -0.493 e. The summed E-state index contributed by atoms with van der Waals surface area (Å²) in [6.07, 6.45) is 5.03. The van der Waals surface area contributed by atoms with Crippen LogP contribution in [0.4, 0.5) is 0 Å². The number of nitrogens with zero attached hydrogens (tertiary/aromatic N) is 2. The second-order valence-electron chi connectivity index (χ2n) is 7.05. The topological polar surface area (TPSA) is 59.6 Å². The van der Waals surface area contributed by atoms with Gasteiger partial charge in [-0.3, -0.25) is 10.00 Å². The maximum absolute atomic E-state index is 5.96. The lowest BCUT2D eigenvalue weighted by Crippen LogP contribution is -2.37. The Labute approximate surface area is 171 Å². The molecule has 152 valence electrons. The number of ether oxygens (including phenoxy) is 3. The summed E-state index contributed by atoms with van der Waals surface area (Å²) in [5.41, 5.74) is 2.99. The molecule has 3 aromatic rings. The van der Waals surface area contributed by atoms with Gasteiger partial charge >= 0.3 is 0 Å².